The summed E-state index contributed by atoms with van der Waals surface area (Å²) in [5, 5.41) is 10.8. The van der Waals surface area contributed by atoms with E-state index in [1.165, 1.54) is 35.1 Å². The molecule has 3 aromatic rings. The molecule has 0 saturated carbocycles. The van der Waals surface area contributed by atoms with Crippen LogP contribution in [0.25, 0.3) is 11.3 Å². The zero-order valence-corrected chi connectivity index (χ0v) is 15.2. The lowest BCUT2D eigenvalue weighted by Crippen LogP contribution is -2.19. The van der Waals surface area contributed by atoms with Gasteiger partial charge in [0.2, 0.25) is 0 Å². The van der Waals surface area contributed by atoms with Gasteiger partial charge >= 0.3 is 0 Å². The van der Waals surface area contributed by atoms with E-state index in [4.69, 9.17) is 0 Å². The first-order valence-corrected chi connectivity index (χ1v) is 9.29. The summed E-state index contributed by atoms with van der Waals surface area (Å²) < 4.78 is 0. The molecule has 0 unspecified atom stereocenters. The molecule has 1 aliphatic rings. The fourth-order valence-electron chi connectivity index (χ4n) is 3.41. The number of rotatable bonds is 6. The van der Waals surface area contributed by atoms with Crippen molar-refractivity contribution >= 4 is 5.82 Å². The van der Waals surface area contributed by atoms with Crippen molar-refractivity contribution in [3.63, 3.8) is 0 Å². The van der Waals surface area contributed by atoms with Gasteiger partial charge in [-0.1, -0.05) is 35.9 Å². The van der Waals surface area contributed by atoms with Crippen molar-refractivity contribution in [1.29, 1.82) is 0 Å². The Kier molecular flexibility index (Phi) is 4.97. The molecule has 134 valence electrons. The lowest BCUT2D eigenvalue weighted by Gasteiger charge is -2.16. The third-order valence-corrected chi connectivity index (χ3v) is 4.94. The molecule has 1 aliphatic heterocycles. The predicted octanol–water partition coefficient (Wildman–Crippen LogP) is 3.67. The predicted molar refractivity (Wildman–Crippen MR) is 105 cm³/mol. The summed E-state index contributed by atoms with van der Waals surface area (Å²) in [5.74, 6) is 1.10. The third kappa shape index (κ3) is 3.78. The maximum atomic E-state index is 4.62. The fraction of sp³-hybridized carbons (Fsp3) is 0.333. The Morgan fingerprint density at radius 2 is 1.81 bits per heavy atom. The number of aromatic amines is 1. The van der Waals surface area contributed by atoms with Crippen LogP contribution in [-0.2, 0) is 13.1 Å². The average molecular weight is 347 g/mol. The van der Waals surface area contributed by atoms with Gasteiger partial charge in [-0.15, -0.1) is 0 Å². The van der Waals surface area contributed by atoms with Crippen LogP contribution in [0.3, 0.4) is 0 Å². The van der Waals surface area contributed by atoms with Crippen molar-refractivity contribution in [1.82, 2.24) is 20.5 Å². The lowest BCUT2D eigenvalue weighted by molar-refractivity contribution is 0.692. The van der Waals surface area contributed by atoms with Gasteiger partial charge in [0.1, 0.15) is 5.82 Å². The first kappa shape index (κ1) is 16.8. The van der Waals surface area contributed by atoms with Gasteiger partial charge in [-0.3, -0.25) is 5.10 Å². The van der Waals surface area contributed by atoms with Crippen LogP contribution in [0.5, 0.6) is 0 Å². The summed E-state index contributed by atoms with van der Waals surface area (Å²) in [6.07, 6.45) is 6.44. The zero-order chi connectivity index (χ0) is 17.8. The fourth-order valence-corrected chi connectivity index (χ4v) is 3.41. The Balaban J connectivity index is 1.35. The number of hydrogen-bond acceptors (Lipinski definition) is 4. The molecule has 2 aromatic heterocycles. The molecule has 0 amide bonds. The van der Waals surface area contributed by atoms with E-state index in [2.05, 4.69) is 68.7 Å². The van der Waals surface area contributed by atoms with E-state index in [0.29, 0.717) is 0 Å². The third-order valence-electron chi connectivity index (χ3n) is 4.94. The minimum Gasteiger partial charge on any atom is -0.357 e. The molecule has 0 spiro atoms. The molecular weight excluding hydrogens is 322 g/mol. The summed E-state index contributed by atoms with van der Waals surface area (Å²) in [6, 6.07) is 12.8. The van der Waals surface area contributed by atoms with Crippen molar-refractivity contribution in [2.75, 3.05) is 18.0 Å². The number of nitrogens with one attached hydrogen (secondary N) is 2. The molecule has 3 heterocycles. The molecule has 0 bridgehead atoms. The molecule has 0 atom stereocenters. The topological polar surface area (TPSA) is 56.8 Å². The first-order chi connectivity index (χ1) is 12.8. The van der Waals surface area contributed by atoms with Crippen LogP contribution < -0.4 is 10.2 Å². The molecule has 5 heteroatoms. The highest BCUT2D eigenvalue weighted by molar-refractivity contribution is 5.62. The van der Waals surface area contributed by atoms with Crippen LogP contribution in [0, 0.1) is 6.92 Å². The monoisotopic (exact) mass is 347 g/mol. The molecule has 2 N–H and O–H groups in total. The van der Waals surface area contributed by atoms with E-state index in [-0.39, 0.29) is 0 Å². The summed E-state index contributed by atoms with van der Waals surface area (Å²) >= 11 is 0. The van der Waals surface area contributed by atoms with Gasteiger partial charge in [-0.05, 0) is 37.0 Å². The lowest BCUT2D eigenvalue weighted by atomic mass is 10.1. The second-order valence-corrected chi connectivity index (χ2v) is 6.96. The van der Waals surface area contributed by atoms with Crippen LogP contribution in [-0.4, -0.2) is 28.3 Å². The number of hydrogen-bond donors (Lipinski definition) is 2. The van der Waals surface area contributed by atoms with Crippen LogP contribution in [0.4, 0.5) is 5.82 Å². The molecule has 5 nitrogen and oxygen atoms in total. The zero-order valence-electron chi connectivity index (χ0n) is 15.2. The van der Waals surface area contributed by atoms with E-state index >= 15 is 0 Å². The number of benzene rings is 1. The highest BCUT2D eigenvalue weighted by Gasteiger charge is 2.13. The summed E-state index contributed by atoms with van der Waals surface area (Å²) in [6.45, 7) is 5.93. The SMILES string of the molecule is Cc1ccc(-c2[nH]ncc2CNCc2ccc(N3CCCC3)nc2)cc1. The van der Waals surface area contributed by atoms with Crippen LogP contribution in [0.2, 0.25) is 0 Å². The van der Waals surface area contributed by atoms with Gasteiger partial charge in [-0.25, -0.2) is 4.98 Å². The molecule has 0 aliphatic carbocycles. The molecule has 4 rings (SSSR count). The van der Waals surface area contributed by atoms with Gasteiger partial charge in [0, 0.05) is 37.9 Å². The van der Waals surface area contributed by atoms with Crippen molar-refractivity contribution in [2.24, 2.45) is 0 Å². The molecular formula is C21H25N5. The van der Waals surface area contributed by atoms with Crippen LogP contribution >= 0.6 is 0 Å². The highest BCUT2D eigenvalue weighted by Crippen LogP contribution is 2.21. The van der Waals surface area contributed by atoms with Crippen molar-refractivity contribution < 1.29 is 0 Å². The summed E-state index contributed by atoms with van der Waals surface area (Å²) in [4.78, 5) is 6.97. The summed E-state index contributed by atoms with van der Waals surface area (Å²) in [5.41, 5.74) is 5.89. The van der Waals surface area contributed by atoms with Gasteiger partial charge in [-0.2, -0.15) is 5.10 Å². The number of nitrogens with zero attached hydrogens (tertiary/aromatic N) is 3. The minimum atomic E-state index is 0.771. The van der Waals surface area contributed by atoms with Crippen LogP contribution in [0.15, 0.2) is 48.8 Å². The Hall–Kier alpha value is -2.66. The Morgan fingerprint density at radius 3 is 2.54 bits per heavy atom. The second-order valence-electron chi connectivity index (χ2n) is 6.96. The van der Waals surface area contributed by atoms with E-state index in [1.54, 1.807) is 0 Å². The van der Waals surface area contributed by atoms with E-state index in [9.17, 15) is 0 Å². The number of anilines is 1. The Bertz CT molecular complexity index is 830. The van der Waals surface area contributed by atoms with Crippen LogP contribution in [0.1, 0.15) is 29.5 Å². The van der Waals surface area contributed by atoms with Gasteiger partial charge in [0.15, 0.2) is 0 Å². The van der Waals surface area contributed by atoms with Crippen molar-refractivity contribution in [2.45, 2.75) is 32.9 Å². The quantitative estimate of drug-likeness (QED) is 0.714. The highest BCUT2D eigenvalue weighted by atomic mass is 15.2. The number of aryl methyl sites for hydroxylation is 1. The second kappa shape index (κ2) is 7.70. The van der Waals surface area contributed by atoms with Crippen molar-refractivity contribution in [3.05, 3.63) is 65.5 Å². The standard InChI is InChI=1S/C21H25N5/c1-16-4-7-18(8-5-16)21-19(15-24-25-21)14-22-12-17-6-9-20(23-13-17)26-10-2-3-11-26/h4-9,13,15,22H,2-3,10-12,14H2,1H3,(H,24,25). The average Bonchev–Trinajstić information content (AvgIpc) is 3.35. The maximum Gasteiger partial charge on any atom is 0.128 e. The molecule has 26 heavy (non-hydrogen) atoms. The van der Waals surface area contributed by atoms with Crippen molar-refractivity contribution in [3.8, 4) is 11.3 Å². The van der Waals surface area contributed by atoms with E-state index < -0.39 is 0 Å². The summed E-state index contributed by atoms with van der Waals surface area (Å²) in [7, 11) is 0. The normalized spacial score (nSPS) is 14.1. The molecule has 1 fully saturated rings. The maximum absolute atomic E-state index is 4.62. The number of pyridine rings is 1. The largest absolute Gasteiger partial charge is 0.357 e. The number of aromatic nitrogens is 3. The van der Waals surface area contributed by atoms with Gasteiger partial charge in [0.05, 0.1) is 11.9 Å². The molecule has 1 aromatic carbocycles. The Morgan fingerprint density at radius 1 is 1.00 bits per heavy atom. The minimum absolute atomic E-state index is 0.771. The Labute approximate surface area is 154 Å². The first-order valence-electron chi connectivity index (χ1n) is 9.29. The van der Waals surface area contributed by atoms with E-state index in [0.717, 1.165) is 37.7 Å². The molecule has 0 radical (unpaired) electrons. The number of H-pyrrole nitrogens is 1. The molecule has 1 saturated heterocycles. The van der Waals surface area contributed by atoms with Gasteiger partial charge < -0.3 is 10.2 Å². The van der Waals surface area contributed by atoms with Gasteiger partial charge in [0.25, 0.3) is 0 Å². The smallest absolute Gasteiger partial charge is 0.128 e. The van der Waals surface area contributed by atoms with E-state index in [1.807, 2.05) is 12.4 Å².